The Morgan fingerprint density at radius 3 is 2.30 bits per heavy atom. The molecule has 3 aromatic carbocycles. The van der Waals surface area contributed by atoms with Crippen LogP contribution in [-0.2, 0) is 0 Å². The number of amidine groups is 1. The number of aromatic nitrogens is 1. The number of carbonyl (C=O) groups excluding carboxylic acids is 1. The molecule has 1 aromatic heterocycles. The van der Waals surface area contributed by atoms with Gasteiger partial charge in [0.15, 0.2) is 11.5 Å². The Morgan fingerprint density at radius 1 is 0.879 bits per heavy atom. The number of methoxy groups -OCH3 is 3. The third-order valence-electron chi connectivity index (χ3n) is 5.29. The Kier molecular flexibility index (Phi) is 5.91. The predicted molar refractivity (Wildman–Crippen MR) is 129 cm³/mol. The number of primary amides is 1. The number of nitrogens with zero attached hydrogens (tertiary/aromatic N) is 1. The minimum atomic E-state index is -0.700. The molecule has 0 bridgehead atoms. The molecule has 1 amide bonds. The van der Waals surface area contributed by atoms with Crippen molar-refractivity contribution in [2.24, 2.45) is 16.5 Å². The van der Waals surface area contributed by atoms with Crippen molar-refractivity contribution in [2.75, 3.05) is 21.3 Å². The molecule has 0 saturated carbocycles. The molecule has 0 aliphatic heterocycles. The average Bonchev–Trinajstić information content (AvgIpc) is 3.27. The van der Waals surface area contributed by atoms with Crippen LogP contribution in [0.2, 0.25) is 0 Å². The lowest BCUT2D eigenvalue weighted by molar-refractivity contribution is 0.0999. The molecular weight excluding hydrogens is 420 g/mol. The number of fused-ring (bicyclic) bond motifs is 1. The number of benzene rings is 3. The number of para-hydroxylation sites is 1. The lowest BCUT2D eigenvalue weighted by atomic mass is 10.0. The standard InChI is InChI=1S/C25H24N4O4/c1-31-20-13-17(25(27)30)21(23(33-3)22(20)32-2)24(26)28-16-9-6-8-14(11-16)19-12-15-7-4-5-10-18(15)29-19/h4-13,29H,1-3H3,(H2,26,28)(H2,27,30). The van der Waals surface area contributed by atoms with Crippen molar-refractivity contribution in [3.05, 3.63) is 71.8 Å². The summed E-state index contributed by atoms with van der Waals surface area (Å²) in [5.41, 5.74) is 15.9. The second-order valence-electron chi connectivity index (χ2n) is 7.25. The molecule has 0 saturated heterocycles. The zero-order valence-corrected chi connectivity index (χ0v) is 18.5. The van der Waals surface area contributed by atoms with Crippen LogP contribution in [0.1, 0.15) is 15.9 Å². The van der Waals surface area contributed by atoms with E-state index >= 15 is 0 Å². The fraction of sp³-hybridized carbons (Fsp3) is 0.120. The molecule has 0 atom stereocenters. The van der Waals surface area contributed by atoms with E-state index in [1.54, 1.807) is 0 Å². The summed E-state index contributed by atoms with van der Waals surface area (Å²) in [4.78, 5) is 20.1. The fourth-order valence-electron chi connectivity index (χ4n) is 3.77. The number of carbonyl (C=O) groups is 1. The van der Waals surface area contributed by atoms with Crippen LogP contribution in [0.15, 0.2) is 65.7 Å². The summed E-state index contributed by atoms with van der Waals surface area (Å²) < 4.78 is 16.2. The summed E-state index contributed by atoms with van der Waals surface area (Å²) >= 11 is 0. The molecule has 8 heteroatoms. The highest BCUT2D eigenvalue weighted by molar-refractivity contribution is 6.12. The smallest absolute Gasteiger partial charge is 0.249 e. The van der Waals surface area contributed by atoms with E-state index in [4.69, 9.17) is 25.7 Å². The molecule has 0 unspecified atom stereocenters. The van der Waals surface area contributed by atoms with Gasteiger partial charge < -0.3 is 30.7 Å². The Morgan fingerprint density at radius 2 is 1.64 bits per heavy atom. The zero-order valence-electron chi connectivity index (χ0n) is 18.5. The van der Waals surface area contributed by atoms with Crippen LogP contribution in [0.25, 0.3) is 22.2 Å². The van der Waals surface area contributed by atoms with Crippen molar-refractivity contribution < 1.29 is 19.0 Å². The van der Waals surface area contributed by atoms with E-state index in [9.17, 15) is 4.79 Å². The van der Waals surface area contributed by atoms with Gasteiger partial charge in [-0.3, -0.25) is 4.79 Å². The van der Waals surface area contributed by atoms with Gasteiger partial charge in [-0.2, -0.15) is 0 Å². The lowest BCUT2D eigenvalue weighted by Crippen LogP contribution is -2.23. The largest absolute Gasteiger partial charge is 0.493 e. The molecule has 8 nitrogen and oxygen atoms in total. The highest BCUT2D eigenvalue weighted by atomic mass is 16.5. The van der Waals surface area contributed by atoms with Gasteiger partial charge in [0, 0.05) is 22.2 Å². The van der Waals surface area contributed by atoms with E-state index in [0.717, 1.165) is 22.2 Å². The van der Waals surface area contributed by atoms with Crippen molar-refractivity contribution in [1.29, 1.82) is 0 Å². The summed E-state index contributed by atoms with van der Waals surface area (Å²) in [7, 11) is 4.36. The maximum atomic E-state index is 12.2. The van der Waals surface area contributed by atoms with Gasteiger partial charge in [0.05, 0.1) is 38.1 Å². The SMILES string of the molecule is COc1cc(C(N)=O)c(C(N)=Nc2cccc(-c3cc4ccccc4[nH]3)c2)c(OC)c1OC. The summed E-state index contributed by atoms with van der Waals surface area (Å²) in [6.07, 6.45) is 0. The minimum Gasteiger partial charge on any atom is -0.493 e. The lowest BCUT2D eigenvalue weighted by Gasteiger charge is -2.18. The molecule has 0 aliphatic rings. The number of aliphatic imine (C=N–C) groups is 1. The van der Waals surface area contributed by atoms with Crippen LogP contribution in [0.5, 0.6) is 17.2 Å². The number of nitrogens with two attached hydrogens (primary N) is 2. The first-order valence-electron chi connectivity index (χ1n) is 10.1. The zero-order chi connectivity index (χ0) is 23.5. The second kappa shape index (κ2) is 8.96. The first-order valence-corrected chi connectivity index (χ1v) is 10.1. The van der Waals surface area contributed by atoms with Crippen molar-refractivity contribution in [2.45, 2.75) is 0 Å². The summed E-state index contributed by atoms with van der Waals surface area (Å²) in [5.74, 6) is 0.133. The van der Waals surface area contributed by atoms with E-state index < -0.39 is 5.91 Å². The van der Waals surface area contributed by atoms with Crippen molar-refractivity contribution in [3.8, 4) is 28.5 Å². The molecule has 4 rings (SSSR count). The molecule has 33 heavy (non-hydrogen) atoms. The molecule has 168 valence electrons. The van der Waals surface area contributed by atoms with Crippen LogP contribution < -0.4 is 25.7 Å². The topological polar surface area (TPSA) is 125 Å². The minimum absolute atomic E-state index is 0.0513. The molecule has 0 aliphatic carbocycles. The second-order valence-corrected chi connectivity index (χ2v) is 7.25. The molecular formula is C25H24N4O4. The van der Waals surface area contributed by atoms with Gasteiger partial charge in [0.25, 0.3) is 0 Å². The van der Waals surface area contributed by atoms with Gasteiger partial charge in [-0.15, -0.1) is 0 Å². The van der Waals surface area contributed by atoms with Crippen LogP contribution in [0.3, 0.4) is 0 Å². The first-order chi connectivity index (χ1) is 16.0. The van der Waals surface area contributed by atoms with E-state index in [-0.39, 0.29) is 28.5 Å². The number of hydrogen-bond donors (Lipinski definition) is 3. The van der Waals surface area contributed by atoms with Crippen LogP contribution in [0, 0.1) is 0 Å². The maximum Gasteiger partial charge on any atom is 0.249 e. The highest BCUT2D eigenvalue weighted by Crippen LogP contribution is 2.42. The molecule has 0 fully saturated rings. The monoisotopic (exact) mass is 444 g/mol. The quantitative estimate of drug-likeness (QED) is 0.294. The molecule has 0 spiro atoms. The van der Waals surface area contributed by atoms with Gasteiger partial charge in [-0.05, 0) is 30.3 Å². The summed E-state index contributed by atoms with van der Waals surface area (Å²) in [5, 5.41) is 1.11. The number of rotatable bonds is 7. The van der Waals surface area contributed by atoms with Gasteiger partial charge in [0.2, 0.25) is 11.7 Å². The average molecular weight is 444 g/mol. The van der Waals surface area contributed by atoms with E-state index in [1.165, 1.54) is 27.4 Å². The van der Waals surface area contributed by atoms with Crippen molar-refractivity contribution >= 4 is 28.3 Å². The molecule has 5 N–H and O–H groups in total. The first kappa shape index (κ1) is 21.8. The van der Waals surface area contributed by atoms with Gasteiger partial charge in [0.1, 0.15) is 5.84 Å². The van der Waals surface area contributed by atoms with Gasteiger partial charge in [-0.1, -0.05) is 30.3 Å². The molecule has 4 aromatic rings. The van der Waals surface area contributed by atoms with E-state index in [1.807, 2.05) is 48.5 Å². The Balaban J connectivity index is 1.82. The number of amides is 1. The van der Waals surface area contributed by atoms with Crippen LogP contribution >= 0.6 is 0 Å². The third kappa shape index (κ3) is 4.06. The van der Waals surface area contributed by atoms with Crippen LogP contribution in [0.4, 0.5) is 5.69 Å². The number of hydrogen-bond acceptors (Lipinski definition) is 5. The van der Waals surface area contributed by atoms with E-state index in [2.05, 4.69) is 16.0 Å². The normalized spacial score (nSPS) is 11.4. The highest BCUT2D eigenvalue weighted by Gasteiger charge is 2.25. The predicted octanol–water partition coefficient (Wildman–Crippen LogP) is 4.00. The van der Waals surface area contributed by atoms with Crippen molar-refractivity contribution in [3.63, 3.8) is 0 Å². The summed E-state index contributed by atoms with van der Waals surface area (Å²) in [6, 6.07) is 19.2. The number of aromatic amines is 1. The van der Waals surface area contributed by atoms with Gasteiger partial charge >= 0.3 is 0 Å². The Hall–Kier alpha value is -4.46. The molecule has 1 heterocycles. The van der Waals surface area contributed by atoms with Gasteiger partial charge in [-0.25, -0.2) is 4.99 Å². The number of ether oxygens (including phenoxy) is 3. The van der Waals surface area contributed by atoms with Crippen molar-refractivity contribution in [1.82, 2.24) is 4.98 Å². The maximum absolute atomic E-state index is 12.2. The Bertz CT molecular complexity index is 1340. The number of H-pyrrole nitrogens is 1. The fourth-order valence-corrected chi connectivity index (χ4v) is 3.77. The Labute approximate surface area is 190 Å². The van der Waals surface area contributed by atoms with E-state index in [0.29, 0.717) is 11.4 Å². The third-order valence-corrected chi connectivity index (χ3v) is 5.29. The molecule has 0 radical (unpaired) electrons. The number of nitrogens with one attached hydrogen (secondary N) is 1. The van der Waals surface area contributed by atoms with Crippen LogP contribution in [-0.4, -0.2) is 38.1 Å². The summed E-state index contributed by atoms with van der Waals surface area (Å²) in [6.45, 7) is 0.